The van der Waals surface area contributed by atoms with Crippen LogP contribution in [0.15, 0.2) is 12.2 Å². The van der Waals surface area contributed by atoms with Crippen LogP contribution in [0.1, 0.15) is 46.5 Å². The van der Waals surface area contributed by atoms with Crippen molar-refractivity contribution in [3.05, 3.63) is 12.2 Å². The molecule has 2 unspecified atom stereocenters. The molecule has 0 aromatic heterocycles. The highest BCUT2D eigenvalue weighted by Crippen LogP contribution is 2.72. The molecule has 3 saturated carbocycles. The minimum atomic E-state index is -0.409. The maximum Gasteiger partial charge on any atom is 0.306 e. The van der Waals surface area contributed by atoms with Crippen LogP contribution in [0.4, 0.5) is 0 Å². The second-order valence-corrected chi connectivity index (χ2v) is 8.04. The number of allylic oxidation sites excluding steroid dienone is 1. The standard InChI is InChI=1S/C17H27NO2/c1-10-7-13-15-11(10)5-6-12(15)17(13,9-18)8-14(19)20-16(2,3)4/h11-13,15H,1,5-9,18H2,2-4H3/t11?,12-,13?,15+,17+/m0/s1. The molecule has 3 aliphatic rings. The highest BCUT2D eigenvalue weighted by atomic mass is 16.6. The lowest BCUT2D eigenvalue weighted by Crippen LogP contribution is -2.58. The molecule has 3 heteroatoms. The van der Waals surface area contributed by atoms with Crippen LogP contribution in [0.25, 0.3) is 0 Å². The summed E-state index contributed by atoms with van der Waals surface area (Å²) >= 11 is 0. The number of ether oxygens (including phenoxy) is 1. The third kappa shape index (κ3) is 1.86. The predicted molar refractivity (Wildman–Crippen MR) is 78.9 cm³/mol. The van der Waals surface area contributed by atoms with Crippen molar-refractivity contribution in [2.45, 2.75) is 52.1 Å². The molecular formula is C17H27NO2. The van der Waals surface area contributed by atoms with E-state index in [-0.39, 0.29) is 11.4 Å². The lowest BCUT2D eigenvalue weighted by molar-refractivity contribution is -0.169. The quantitative estimate of drug-likeness (QED) is 0.637. The number of rotatable bonds is 3. The molecule has 20 heavy (non-hydrogen) atoms. The van der Waals surface area contributed by atoms with E-state index in [1.807, 2.05) is 20.8 Å². The van der Waals surface area contributed by atoms with Crippen molar-refractivity contribution < 1.29 is 9.53 Å². The van der Waals surface area contributed by atoms with E-state index in [2.05, 4.69) is 6.58 Å². The second kappa shape index (κ2) is 4.33. The van der Waals surface area contributed by atoms with Crippen molar-refractivity contribution in [1.82, 2.24) is 0 Å². The lowest BCUT2D eigenvalue weighted by Gasteiger charge is -2.57. The first-order valence-electron chi connectivity index (χ1n) is 7.88. The Morgan fingerprint density at radius 1 is 1.40 bits per heavy atom. The number of carbonyl (C=O) groups is 1. The Hall–Kier alpha value is -0.830. The molecule has 0 saturated heterocycles. The maximum atomic E-state index is 12.3. The molecule has 0 aromatic carbocycles. The minimum Gasteiger partial charge on any atom is -0.460 e. The lowest BCUT2D eigenvalue weighted by atomic mass is 9.47. The molecule has 0 spiro atoms. The summed E-state index contributed by atoms with van der Waals surface area (Å²) in [6.45, 7) is 10.6. The van der Waals surface area contributed by atoms with E-state index in [1.165, 1.54) is 18.4 Å². The van der Waals surface area contributed by atoms with Gasteiger partial charge in [0, 0.05) is 0 Å². The number of esters is 1. The first kappa shape index (κ1) is 14.1. The van der Waals surface area contributed by atoms with Crippen molar-refractivity contribution in [1.29, 1.82) is 0 Å². The van der Waals surface area contributed by atoms with Gasteiger partial charge in [0.25, 0.3) is 0 Å². The van der Waals surface area contributed by atoms with Crippen molar-refractivity contribution >= 4 is 5.97 Å². The molecular weight excluding hydrogens is 250 g/mol. The molecule has 0 heterocycles. The minimum absolute atomic E-state index is 0.0127. The van der Waals surface area contributed by atoms with Crippen LogP contribution in [-0.2, 0) is 9.53 Å². The van der Waals surface area contributed by atoms with Gasteiger partial charge in [-0.05, 0) is 75.7 Å². The van der Waals surface area contributed by atoms with E-state index in [0.29, 0.717) is 30.7 Å². The molecule has 2 N–H and O–H groups in total. The number of carbonyl (C=O) groups excluding carboxylic acids is 1. The summed E-state index contributed by atoms with van der Waals surface area (Å²) in [7, 11) is 0. The molecule has 0 radical (unpaired) electrons. The Morgan fingerprint density at radius 3 is 2.70 bits per heavy atom. The Kier molecular flexibility index (Phi) is 3.06. The summed E-state index contributed by atoms with van der Waals surface area (Å²) in [5.74, 6) is 2.58. The summed E-state index contributed by atoms with van der Waals surface area (Å²) in [6, 6.07) is 0. The van der Waals surface area contributed by atoms with Crippen LogP contribution in [0.2, 0.25) is 0 Å². The molecule has 5 atom stereocenters. The molecule has 3 aliphatic carbocycles. The molecule has 0 bridgehead atoms. The zero-order valence-electron chi connectivity index (χ0n) is 12.9. The summed E-state index contributed by atoms with van der Waals surface area (Å²) in [5, 5.41) is 0. The van der Waals surface area contributed by atoms with Gasteiger partial charge < -0.3 is 10.5 Å². The SMILES string of the molecule is C=C1CC2[C@@H]3C1CC[C@@H]3[C@]2(CN)CC(=O)OC(C)(C)C. The summed E-state index contributed by atoms with van der Waals surface area (Å²) < 4.78 is 5.54. The topological polar surface area (TPSA) is 52.3 Å². The van der Waals surface area contributed by atoms with Crippen LogP contribution in [0.3, 0.4) is 0 Å². The first-order chi connectivity index (χ1) is 9.28. The highest BCUT2D eigenvalue weighted by molar-refractivity contribution is 5.71. The van der Waals surface area contributed by atoms with Crippen LogP contribution >= 0.6 is 0 Å². The molecule has 3 rings (SSSR count). The molecule has 0 aromatic rings. The Labute approximate surface area is 121 Å². The van der Waals surface area contributed by atoms with E-state index in [9.17, 15) is 4.79 Å². The zero-order valence-corrected chi connectivity index (χ0v) is 12.9. The van der Waals surface area contributed by atoms with Crippen LogP contribution in [-0.4, -0.2) is 18.1 Å². The first-order valence-corrected chi connectivity index (χ1v) is 7.88. The third-order valence-corrected chi connectivity index (χ3v) is 5.94. The number of hydrogen-bond donors (Lipinski definition) is 1. The normalized spacial score (nSPS) is 42.3. The predicted octanol–water partition coefficient (Wildman–Crippen LogP) is 2.90. The van der Waals surface area contributed by atoms with E-state index in [4.69, 9.17) is 10.5 Å². The summed E-state index contributed by atoms with van der Waals surface area (Å²) in [4.78, 5) is 12.3. The van der Waals surface area contributed by atoms with Crippen LogP contribution in [0, 0.1) is 29.1 Å². The molecule has 0 aliphatic heterocycles. The molecule has 3 nitrogen and oxygen atoms in total. The Morgan fingerprint density at radius 2 is 2.10 bits per heavy atom. The van der Waals surface area contributed by atoms with E-state index in [1.54, 1.807) is 0 Å². The van der Waals surface area contributed by atoms with Gasteiger partial charge in [0.15, 0.2) is 0 Å². The third-order valence-electron chi connectivity index (χ3n) is 5.94. The number of hydrogen-bond acceptors (Lipinski definition) is 3. The average molecular weight is 277 g/mol. The Bertz CT molecular complexity index is 450. The van der Waals surface area contributed by atoms with Gasteiger partial charge in [-0.25, -0.2) is 0 Å². The zero-order chi connectivity index (χ0) is 14.7. The van der Waals surface area contributed by atoms with Gasteiger partial charge in [-0.15, -0.1) is 0 Å². The fourth-order valence-corrected chi connectivity index (χ4v) is 5.33. The van der Waals surface area contributed by atoms with Gasteiger partial charge >= 0.3 is 5.97 Å². The van der Waals surface area contributed by atoms with Gasteiger partial charge in [-0.3, -0.25) is 4.79 Å². The second-order valence-electron chi connectivity index (χ2n) is 8.04. The fourth-order valence-electron chi connectivity index (χ4n) is 5.33. The van der Waals surface area contributed by atoms with E-state index in [0.717, 1.165) is 12.3 Å². The van der Waals surface area contributed by atoms with Crippen molar-refractivity contribution in [2.24, 2.45) is 34.8 Å². The monoisotopic (exact) mass is 277 g/mol. The van der Waals surface area contributed by atoms with Gasteiger partial charge in [0.2, 0.25) is 0 Å². The largest absolute Gasteiger partial charge is 0.460 e. The Balaban J connectivity index is 1.77. The van der Waals surface area contributed by atoms with E-state index < -0.39 is 5.60 Å². The van der Waals surface area contributed by atoms with Crippen molar-refractivity contribution in [2.75, 3.05) is 6.54 Å². The number of nitrogens with two attached hydrogens (primary N) is 1. The van der Waals surface area contributed by atoms with Crippen LogP contribution in [0.5, 0.6) is 0 Å². The average Bonchev–Trinajstić information content (AvgIpc) is 2.82. The fraction of sp³-hybridized carbons (Fsp3) is 0.824. The van der Waals surface area contributed by atoms with Gasteiger partial charge in [0.1, 0.15) is 5.60 Å². The van der Waals surface area contributed by atoms with Gasteiger partial charge in [-0.2, -0.15) is 0 Å². The molecule has 0 amide bonds. The molecule has 3 fully saturated rings. The molecule has 112 valence electrons. The van der Waals surface area contributed by atoms with Gasteiger partial charge in [0.05, 0.1) is 6.42 Å². The van der Waals surface area contributed by atoms with Crippen LogP contribution < -0.4 is 5.73 Å². The smallest absolute Gasteiger partial charge is 0.306 e. The summed E-state index contributed by atoms with van der Waals surface area (Å²) in [6.07, 6.45) is 4.03. The van der Waals surface area contributed by atoms with Crippen molar-refractivity contribution in [3.8, 4) is 0 Å². The van der Waals surface area contributed by atoms with E-state index >= 15 is 0 Å². The highest BCUT2D eigenvalue weighted by Gasteiger charge is 2.68. The maximum absolute atomic E-state index is 12.3. The van der Waals surface area contributed by atoms with Crippen molar-refractivity contribution in [3.63, 3.8) is 0 Å². The summed E-state index contributed by atoms with van der Waals surface area (Å²) in [5.41, 5.74) is 7.11. The van der Waals surface area contributed by atoms with Gasteiger partial charge in [-0.1, -0.05) is 12.2 Å².